The molecule has 4 nitrogen and oxygen atoms in total. The van der Waals surface area contributed by atoms with E-state index in [1.54, 1.807) is 0 Å². The van der Waals surface area contributed by atoms with Crippen molar-refractivity contribution >= 4 is 34.6 Å². The molecule has 2 aromatic rings. The fraction of sp³-hybridized carbons (Fsp3) is 0.409. The highest BCUT2D eigenvalue weighted by Gasteiger charge is 2.22. The molecule has 2 aliphatic carbocycles. The fourth-order valence-electron chi connectivity index (χ4n) is 4.17. The van der Waals surface area contributed by atoms with Crippen molar-refractivity contribution in [2.45, 2.75) is 46.0 Å². The van der Waals surface area contributed by atoms with Crippen molar-refractivity contribution < 1.29 is 8.82 Å². The van der Waals surface area contributed by atoms with E-state index in [1.165, 1.54) is 36.0 Å². The van der Waals surface area contributed by atoms with Crippen molar-refractivity contribution in [3.63, 3.8) is 0 Å². The van der Waals surface area contributed by atoms with Gasteiger partial charge in [-0.25, -0.2) is 9.56 Å². The summed E-state index contributed by atoms with van der Waals surface area (Å²) >= 11 is 0. The minimum absolute atomic E-state index is 0.795. The number of fused-ring (bicyclic) bond motifs is 2. The molecule has 26 heavy (non-hydrogen) atoms. The molecule has 0 unspecified atom stereocenters. The summed E-state index contributed by atoms with van der Waals surface area (Å²) < 4.78 is 4.83. The van der Waals surface area contributed by atoms with Crippen LogP contribution in [0.1, 0.15) is 51.6 Å². The van der Waals surface area contributed by atoms with E-state index < -0.39 is 0 Å². The lowest BCUT2D eigenvalue weighted by atomic mass is 9.98. The van der Waals surface area contributed by atoms with E-state index >= 15 is 0 Å². The zero-order valence-corrected chi connectivity index (χ0v) is 15.8. The van der Waals surface area contributed by atoms with Crippen LogP contribution in [0.5, 0.6) is 0 Å². The topological polar surface area (TPSA) is 47.8 Å². The lowest BCUT2D eigenvalue weighted by molar-refractivity contribution is -0.521. The van der Waals surface area contributed by atoms with E-state index in [0.717, 1.165) is 48.3 Å². The number of nitrogens with two attached hydrogens (primary N) is 1. The molecular formula is C22H28N4+2. The number of hydrogen-bond acceptors (Lipinski definition) is 2. The highest BCUT2D eigenvalue weighted by Crippen LogP contribution is 2.20. The van der Waals surface area contributed by atoms with Gasteiger partial charge in [0.25, 0.3) is 0 Å². The van der Waals surface area contributed by atoms with Gasteiger partial charge in [-0.05, 0) is 44.9 Å². The van der Waals surface area contributed by atoms with Crippen LogP contribution in [-0.4, -0.2) is 28.4 Å². The number of allylic oxidation sites excluding steroid dienone is 1. The lowest BCUT2D eigenvalue weighted by Crippen LogP contribution is -2.46. The Morgan fingerprint density at radius 2 is 1.85 bits per heavy atom. The summed E-state index contributed by atoms with van der Waals surface area (Å²) in [5, 5.41) is 1.20. The van der Waals surface area contributed by atoms with Crippen molar-refractivity contribution in [1.82, 2.24) is 4.98 Å². The molecule has 0 amide bonds. The molecule has 4 heteroatoms. The van der Waals surface area contributed by atoms with Crippen molar-refractivity contribution in [3.05, 3.63) is 41.0 Å². The van der Waals surface area contributed by atoms with Crippen LogP contribution in [0.15, 0.2) is 24.3 Å². The molecule has 134 valence electrons. The molecular weight excluding hydrogens is 320 g/mol. The smallest absolute Gasteiger partial charge is 0.243 e. The van der Waals surface area contributed by atoms with E-state index in [4.69, 9.17) is 10.7 Å². The number of hydrogen-bond donors (Lipinski definition) is 1. The summed E-state index contributed by atoms with van der Waals surface area (Å²) in [4.78, 5) is 4.92. The molecule has 0 bridgehead atoms. The maximum atomic E-state index is 6.13. The molecule has 2 N–H and O–H groups in total. The molecule has 1 aromatic heterocycles. The van der Waals surface area contributed by atoms with Gasteiger partial charge in [-0.1, -0.05) is 6.42 Å². The van der Waals surface area contributed by atoms with Gasteiger partial charge in [0.2, 0.25) is 16.6 Å². The molecule has 0 radical (unpaired) electrons. The molecule has 0 atom stereocenters. The Bertz CT molecular complexity index is 1030. The second-order valence-corrected chi connectivity index (χ2v) is 7.17. The maximum absolute atomic E-state index is 6.13. The monoisotopic (exact) mass is 348 g/mol. The molecule has 0 saturated heterocycles. The van der Waals surface area contributed by atoms with E-state index in [0.29, 0.717) is 0 Å². The SMILES string of the molecule is CC[N+](CC)=C1C=Cc2nc3ccc(N)cc3[n+](=C3CCCCC3)c2=C1. The molecule has 1 fully saturated rings. The van der Waals surface area contributed by atoms with Crippen molar-refractivity contribution in [2.75, 3.05) is 18.8 Å². The largest absolute Gasteiger partial charge is 0.399 e. The Hall–Kier alpha value is -2.49. The van der Waals surface area contributed by atoms with Crippen LogP contribution in [0, 0.1) is 5.71 Å². The minimum atomic E-state index is 0.795. The number of nitrogen functional groups attached to an aromatic ring is 1. The molecule has 1 aromatic carbocycles. The van der Waals surface area contributed by atoms with E-state index in [2.05, 4.69) is 47.0 Å². The van der Waals surface area contributed by atoms with Crippen molar-refractivity contribution in [1.29, 1.82) is 0 Å². The third-order valence-electron chi connectivity index (χ3n) is 5.56. The number of aromatic nitrogens is 2. The van der Waals surface area contributed by atoms with Crippen LogP contribution in [0.25, 0.3) is 23.2 Å². The first-order valence-electron chi connectivity index (χ1n) is 9.86. The molecule has 1 heterocycles. The Morgan fingerprint density at radius 1 is 1.08 bits per heavy atom. The summed E-state index contributed by atoms with van der Waals surface area (Å²) in [6.07, 6.45) is 12.8. The lowest BCUT2D eigenvalue weighted by Gasteiger charge is -2.10. The summed E-state index contributed by atoms with van der Waals surface area (Å²) in [6, 6.07) is 6.07. The Labute approximate surface area is 154 Å². The molecule has 0 aliphatic heterocycles. The fourth-order valence-corrected chi connectivity index (χ4v) is 4.17. The van der Waals surface area contributed by atoms with E-state index in [9.17, 15) is 0 Å². The van der Waals surface area contributed by atoms with Crippen LogP contribution in [0.2, 0.25) is 0 Å². The van der Waals surface area contributed by atoms with Gasteiger partial charge in [-0.3, -0.25) is 0 Å². The number of nitrogens with zero attached hydrogens (tertiary/aromatic N) is 3. The van der Waals surface area contributed by atoms with Gasteiger partial charge in [-0.15, -0.1) is 0 Å². The van der Waals surface area contributed by atoms with Gasteiger partial charge in [0.05, 0.1) is 6.08 Å². The summed E-state index contributed by atoms with van der Waals surface area (Å²) in [5.41, 5.74) is 12.9. The normalized spacial score (nSPS) is 16.5. The van der Waals surface area contributed by atoms with Gasteiger partial charge >= 0.3 is 0 Å². The Morgan fingerprint density at radius 3 is 2.58 bits per heavy atom. The van der Waals surface area contributed by atoms with Crippen LogP contribution in [-0.2, 0) is 0 Å². The average Bonchev–Trinajstić information content (AvgIpc) is 2.68. The first kappa shape index (κ1) is 17.0. The van der Waals surface area contributed by atoms with Crippen molar-refractivity contribution in [3.8, 4) is 0 Å². The Kier molecular flexibility index (Phi) is 4.58. The standard InChI is InChI=1S/C22H27N4/c1-3-25(4-2)18-11-13-20-22(15-18)26(17-8-6-5-7-9-17)21-14-16(23)10-12-19(21)24-20/h10-15,23H,3-9H2,1-2H3/q+1/p+1. The van der Waals surface area contributed by atoms with Gasteiger partial charge in [-0.2, -0.15) is 4.24 Å². The highest BCUT2D eigenvalue weighted by atomic mass is 15.0. The highest BCUT2D eigenvalue weighted by molar-refractivity contribution is 6.17. The molecule has 4 rings (SSSR count). The third kappa shape index (κ3) is 2.94. The summed E-state index contributed by atoms with van der Waals surface area (Å²) in [7, 11) is 0. The van der Waals surface area contributed by atoms with Crippen LogP contribution < -0.4 is 15.3 Å². The summed E-state index contributed by atoms with van der Waals surface area (Å²) in [5.74, 6) is 0. The molecule has 1 saturated carbocycles. The zero-order chi connectivity index (χ0) is 18.1. The first-order chi connectivity index (χ1) is 12.7. The number of rotatable bonds is 2. The van der Waals surface area contributed by atoms with Crippen LogP contribution in [0.4, 0.5) is 5.69 Å². The van der Waals surface area contributed by atoms with Crippen molar-refractivity contribution in [2.24, 2.45) is 0 Å². The zero-order valence-electron chi connectivity index (χ0n) is 15.8. The predicted molar refractivity (Wildman–Crippen MR) is 108 cm³/mol. The molecule has 0 spiro atoms. The minimum Gasteiger partial charge on any atom is -0.399 e. The predicted octanol–water partition coefficient (Wildman–Crippen LogP) is 2.75. The molecule has 2 aliphatic rings. The first-order valence-corrected chi connectivity index (χ1v) is 9.86. The second kappa shape index (κ2) is 7.02. The van der Waals surface area contributed by atoms with Gasteiger partial charge in [0, 0.05) is 30.7 Å². The number of benzene rings is 1. The summed E-state index contributed by atoms with van der Waals surface area (Å²) in [6.45, 7) is 6.42. The maximum Gasteiger partial charge on any atom is 0.243 e. The quantitative estimate of drug-likeness (QED) is 0.670. The van der Waals surface area contributed by atoms with Gasteiger partial charge in [0.1, 0.15) is 24.3 Å². The van der Waals surface area contributed by atoms with Gasteiger partial charge < -0.3 is 5.73 Å². The van der Waals surface area contributed by atoms with Gasteiger partial charge in [0.15, 0.2) is 5.71 Å². The van der Waals surface area contributed by atoms with Crippen LogP contribution in [0.3, 0.4) is 0 Å². The van der Waals surface area contributed by atoms with E-state index in [-0.39, 0.29) is 0 Å². The van der Waals surface area contributed by atoms with E-state index in [1.807, 2.05) is 12.1 Å². The Balaban J connectivity index is 2.15. The van der Waals surface area contributed by atoms with Crippen LogP contribution >= 0.6 is 0 Å². The third-order valence-corrected chi connectivity index (χ3v) is 5.56. The second-order valence-electron chi connectivity index (χ2n) is 7.17. The average molecular weight is 348 g/mol. The number of anilines is 1.